The van der Waals surface area contributed by atoms with Gasteiger partial charge in [-0.05, 0) is 54.0 Å². The van der Waals surface area contributed by atoms with E-state index in [2.05, 4.69) is 30.3 Å². The summed E-state index contributed by atoms with van der Waals surface area (Å²) in [5.41, 5.74) is 3.12. The average Bonchev–Trinajstić information content (AvgIpc) is 3.36. The molecule has 0 spiro atoms. The number of aromatic nitrogens is 3. The number of imidazole rings is 1. The Kier molecular flexibility index (Phi) is 9.94. The number of benzene rings is 1. The lowest BCUT2D eigenvalue weighted by molar-refractivity contribution is -0.393. The molecule has 0 radical (unpaired) electrons. The summed E-state index contributed by atoms with van der Waals surface area (Å²) in [5.74, 6) is 2.23. The van der Waals surface area contributed by atoms with Crippen LogP contribution < -0.4 is 15.4 Å². The van der Waals surface area contributed by atoms with E-state index in [1.807, 2.05) is 36.4 Å². The number of piperidine rings is 1. The van der Waals surface area contributed by atoms with E-state index in [0.29, 0.717) is 12.2 Å². The van der Waals surface area contributed by atoms with Gasteiger partial charge >= 0.3 is 5.95 Å². The Balaban J connectivity index is 0.00000342. The van der Waals surface area contributed by atoms with Crippen LogP contribution in [0.5, 0.6) is 0 Å². The Hall–Kier alpha value is -3.09. The summed E-state index contributed by atoms with van der Waals surface area (Å²) in [6.07, 6.45) is 5.85. The summed E-state index contributed by atoms with van der Waals surface area (Å²) in [6.45, 7) is 2.59. The largest absolute Gasteiger partial charge is 0.432 e. The fraction of sp³-hybridized carbons (Fsp3) is 0.348. The van der Waals surface area contributed by atoms with Gasteiger partial charge in [0.25, 0.3) is 0 Å². The summed E-state index contributed by atoms with van der Waals surface area (Å²) >= 11 is 1.69. The minimum atomic E-state index is -0.567. The Morgan fingerprint density at radius 2 is 1.83 bits per heavy atom. The molecular weight excluding hydrogens is 486 g/mol. The van der Waals surface area contributed by atoms with Gasteiger partial charge in [0.05, 0.1) is 6.42 Å². The molecule has 0 bridgehead atoms. The first-order chi connectivity index (χ1) is 16.6. The number of aromatic amines is 1. The molecule has 186 valence electrons. The monoisotopic (exact) mass is 515 g/mol. The molecule has 35 heavy (non-hydrogen) atoms. The molecule has 4 rings (SSSR count). The predicted octanol–water partition coefficient (Wildman–Crippen LogP) is 3.41. The van der Waals surface area contributed by atoms with E-state index < -0.39 is 4.92 Å². The first-order valence-electron chi connectivity index (χ1n) is 11.2. The van der Waals surface area contributed by atoms with Crippen molar-refractivity contribution >= 4 is 43.1 Å². The smallest absolute Gasteiger partial charge is 0.390 e. The predicted molar refractivity (Wildman–Crippen MR) is 143 cm³/mol. The van der Waals surface area contributed by atoms with Gasteiger partial charge in [0.15, 0.2) is 0 Å². The van der Waals surface area contributed by atoms with Crippen LogP contribution in [0.25, 0.3) is 11.3 Å². The van der Waals surface area contributed by atoms with Gasteiger partial charge in [0, 0.05) is 24.1 Å². The maximum atomic E-state index is 12.3. The second-order valence-corrected chi connectivity index (χ2v) is 9.01. The first kappa shape index (κ1) is 26.5. The summed E-state index contributed by atoms with van der Waals surface area (Å²) < 4.78 is 3.29. The van der Waals surface area contributed by atoms with Crippen molar-refractivity contribution in [3.8, 4) is 11.3 Å². The molecule has 0 aliphatic carbocycles. The van der Waals surface area contributed by atoms with Gasteiger partial charge in [-0.25, -0.2) is 9.97 Å². The van der Waals surface area contributed by atoms with E-state index >= 15 is 0 Å². The Bertz CT molecular complexity index is 1100. The van der Waals surface area contributed by atoms with Crippen LogP contribution in [0.1, 0.15) is 24.0 Å². The number of carbonyl (C=O) groups excluding carboxylic acids is 1. The lowest BCUT2D eigenvalue weighted by Gasteiger charge is -2.21. The number of hydrogen-bond donors (Lipinski definition) is 4. The van der Waals surface area contributed by atoms with E-state index in [0.717, 1.165) is 47.3 Å². The fourth-order valence-corrected chi connectivity index (χ4v) is 4.59. The second-order valence-electron chi connectivity index (χ2n) is 8.19. The van der Waals surface area contributed by atoms with Crippen molar-refractivity contribution in [1.82, 2.24) is 25.6 Å². The van der Waals surface area contributed by atoms with Crippen molar-refractivity contribution in [3.05, 3.63) is 70.0 Å². The first-order valence-corrected chi connectivity index (χ1v) is 12.1. The number of nitrogens with one attached hydrogen (secondary N) is 4. The summed E-state index contributed by atoms with van der Waals surface area (Å²) in [7, 11) is 0. The molecule has 1 aromatic carbocycles. The normalized spacial score (nSPS) is 13.6. The van der Waals surface area contributed by atoms with Crippen molar-refractivity contribution in [2.45, 2.75) is 25.8 Å². The summed E-state index contributed by atoms with van der Waals surface area (Å²) in [5, 5.41) is 17.0. The van der Waals surface area contributed by atoms with Crippen molar-refractivity contribution in [2.75, 3.05) is 23.6 Å². The average molecular weight is 516 g/mol. The van der Waals surface area contributed by atoms with E-state index in [1.54, 1.807) is 18.1 Å². The number of nitro groups is 1. The topological polar surface area (TPSA) is 138 Å². The van der Waals surface area contributed by atoms with Crippen LogP contribution in [0.3, 0.4) is 0 Å². The Morgan fingerprint density at radius 3 is 2.49 bits per heavy atom. The van der Waals surface area contributed by atoms with Crippen LogP contribution in [-0.4, -0.2) is 44.6 Å². The van der Waals surface area contributed by atoms with Gasteiger partial charge in [-0.15, -0.1) is 0 Å². The molecule has 0 atom stereocenters. The standard InChI is InChI=1S/C23H27N7O3S.H2S/c31-22(11-18-3-6-21(25-13-18)29-34-15-17-7-9-24-10-8-17)26-12-16-1-4-19(5-2-16)20-14-27-23(28-20)30(32)33;/h1-6,13-14,17,24H,7-12,15H2,(H,25,29)(H,26,31)(H,27,28);1H2. The Morgan fingerprint density at radius 1 is 1.09 bits per heavy atom. The van der Waals surface area contributed by atoms with Gasteiger partial charge in [-0.1, -0.05) is 47.3 Å². The zero-order chi connectivity index (χ0) is 23.8. The number of rotatable bonds is 10. The number of nitrogens with zero attached hydrogens (tertiary/aromatic N) is 3. The van der Waals surface area contributed by atoms with Crippen molar-refractivity contribution in [2.24, 2.45) is 5.92 Å². The minimum Gasteiger partial charge on any atom is -0.390 e. The Labute approximate surface area is 214 Å². The van der Waals surface area contributed by atoms with Crippen LogP contribution in [0.4, 0.5) is 11.8 Å². The molecule has 10 nitrogen and oxygen atoms in total. The van der Waals surface area contributed by atoms with Crippen LogP contribution in [0, 0.1) is 16.0 Å². The molecule has 1 aliphatic rings. The lowest BCUT2D eigenvalue weighted by Crippen LogP contribution is -2.28. The number of carbonyl (C=O) groups is 1. The number of pyridine rings is 1. The van der Waals surface area contributed by atoms with E-state index in [9.17, 15) is 14.9 Å². The molecule has 0 saturated carbocycles. The quantitative estimate of drug-likeness (QED) is 0.183. The van der Waals surface area contributed by atoms with Gasteiger partial charge in [-0.3, -0.25) is 4.79 Å². The molecule has 1 saturated heterocycles. The maximum Gasteiger partial charge on any atom is 0.432 e. The van der Waals surface area contributed by atoms with Crippen LogP contribution in [0.15, 0.2) is 48.8 Å². The van der Waals surface area contributed by atoms with E-state index in [-0.39, 0.29) is 31.8 Å². The van der Waals surface area contributed by atoms with E-state index in [1.165, 1.54) is 19.0 Å². The second kappa shape index (κ2) is 13.1. The molecule has 3 heterocycles. The molecule has 1 amide bonds. The van der Waals surface area contributed by atoms with Crippen molar-refractivity contribution in [1.29, 1.82) is 0 Å². The number of anilines is 1. The van der Waals surface area contributed by atoms with Crippen molar-refractivity contribution < 1.29 is 9.72 Å². The third kappa shape index (κ3) is 7.98. The van der Waals surface area contributed by atoms with Gasteiger partial charge in [0.2, 0.25) is 5.91 Å². The fourth-order valence-electron chi connectivity index (χ4n) is 3.67. The van der Waals surface area contributed by atoms with Crippen molar-refractivity contribution in [3.63, 3.8) is 0 Å². The maximum absolute atomic E-state index is 12.3. The zero-order valence-electron chi connectivity index (χ0n) is 19.1. The molecule has 1 fully saturated rings. The third-order valence-electron chi connectivity index (χ3n) is 5.63. The summed E-state index contributed by atoms with van der Waals surface area (Å²) in [6, 6.07) is 11.2. The van der Waals surface area contributed by atoms with Crippen LogP contribution >= 0.6 is 25.4 Å². The highest BCUT2D eigenvalue weighted by Gasteiger charge is 2.14. The zero-order valence-corrected chi connectivity index (χ0v) is 20.9. The van der Waals surface area contributed by atoms with Crippen LogP contribution in [0.2, 0.25) is 0 Å². The van der Waals surface area contributed by atoms with E-state index in [4.69, 9.17) is 0 Å². The molecule has 4 N–H and O–H groups in total. The highest BCUT2D eigenvalue weighted by atomic mass is 32.2. The molecule has 3 aromatic rings. The highest BCUT2D eigenvalue weighted by Crippen LogP contribution is 2.21. The number of amides is 1. The highest BCUT2D eigenvalue weighted by molar-refractivity contribution is 8.00. The van der Waals surface area contributed by atoms with Gasteiger partial charge < -0.3 is 25.5 Å². The van der Waals surface area contributed by atoms with Gasteiger partial charge in [-0.2, -0.15) is 13.5 Å². The lowest BCUT2D eigenvalue weighted by atomic mass is 10.0. The third-order valence-corrected chi connectivity index (χ3v) is 6.63. The SMILES string of the molecule is O=C(Cc1ccc(NSCC2CCNCC2)nc1)NCc1ccc(-c2cnc([N+](=O)[O-])[nH]2)cc1.S. The van der Waals surface area contributed by atoms with Crippen LogP contribution in [-0.2, 0) is 17.8 Å². The summed E-state index contributed by atoms with van der Waals surface area (Å²) in [4.78, 5) is 33.3. The molecular formula is C23H29N7O3S2. The minimum absolute atomic E-state index is 0. The molecule has 2 aromatic heterocycles. The van der Waals surface area contributed by atoms with Gasteiger partial charge in [0.1, 0.15) is 17.7 Å². The molecule has 1 aliphatic heterocycles. The number of hydrogen-bond acceptors (Lipinski definition) is 8. The molecule has 0 unspecified atom stereocenters. The molecule has 12 heteroatoms. The number of H-pyrrole nitrogens is 1.